The van der Waals surface area contributed by atoms with Crippen molar-refractivity contribution in [2.45, 2.75) is 25.3 Å². The molecule has 1 aromatic heterocycles. The van der Waals surface area contributed by atoms with Crippen molar-refractivity contribution in [3.8, 4) is 0 Å². The van der Waals surface area contributed by atoms with Crippen LogP contribution in [0.4, 0.5) is 0 Å². The average Bonchev–Trinajstić information content (AvgIpc) is 2.72. The Morgan fingerprint density at radius 3 is 2.82 bits per heavy atom. The van der Waals surface area contributed by atoms with E-state index in [1.165, 1.54) is 5.56 Å². The normalized spacial score (nSPS) is 12.9. The predicted octanol–water partition coefficient (Wildman–Crippen LogP) is 0.733. The van der Waals surface area contributed by atoms with E-state index in [1.54, 1.807) is 7.11 Å². The van der Waals surface area contributed by atoms with Gasteiger partial charge in [0.15, 0.2) is 0 Å². The fourth-order valence-corrected chi connectivity index (χ4v) is 1.58. The largest absolute Gasteiger partial charge is 0.382 e. The van der Waals surface area contributed by atoms with Gasteiger partial charge in [-0.1, -0.05) is 0 Å². The van der Waals surface area contributed by atoms with Gasteiger partial charge in [-0.25, -0.2) is 0 Å². The molecule has 0 bridgehead atoms. The molecule has 1 rings (SSSR count). The second-order valence-corrected chi connectivity index (χ2v) is 4.21. The van der Waals surface area contributed by atoms with Gasteiger partial charge in [-0.3, -0.25) is 4.68 Å². The Morgan fingerprint density at radius 2 is 2.18 bits per heavy atom. The first-order valence-electron chi connectivity index (χ1n) is 6.02. The quantitative estimate of drug-likeness (QED) is 0.648. The van der Waals surface area contributed by atoms with Gasteiger partial charge in [-0.15, -0.1) is 0 Å². The number of ether oxygens (including phenoxy) is 2. The van der Waals surface area contributed by atoms with Crippen molar-refractivity contribution in [3.05, 3.63) is 18.0 Å². The summed E-state index contributed by atoms with van der Waals surface area (Å²) in [7, 11) is 3.59. The van der Waals surface area contributed by atoms with E-state index in [1.807, 2.05) is 24.1 Å². The molecule has 98 valence electrons. The number of aromatic nitrogens is 2. The summed E-state index contributed by atoms with van der Waals surface area (Å²) in [6, 6.07) is 0.192. The molecule has 0 amide bonds. The minimum Gasteiger partial charge on any atom is -0.382 e. The maximum Gasteiger partial charge on any atom is 0.0700 e. The number of aryl methyl sites for hydroxylation is 2. The topological polar surface area (TPSA) is 62.3 Å². The SMILES string of the molecule is COCCOCCC(N)CCc1cnn(C)c1. The lowest BCUT2D eigenvalue weighted by Crippen LogP contribution is -2.23. The van der Waals surface area contributed by atoms with E-state index >= 15 is 0 Å². The minimum atomic E-state index is 0.192. The molecule has 0 fully saturated rings. The zero-order chi connectivity index (χ0) is 12.5. The highest BCUT2D eigenvalue weighted by Crippen LogP contribution is 2.04. The smallest absolute Gasteiger partial charge is 0.0700 e. The molecule has 0 radical (unpaired) electrons. The summed E-state index contributed by atoms with van der Waals surface area (Å²) in [5, 5.41) is 4.13. The standard InChI is InChI=1S/C12H23N3O2/c1-15-10-11(9-14-15)3-4-12(13)5-6-17-8-7-16-2/h9-10,12H,3-8,13H2,1-2H3. The van der Waals surface area contributed by atoms with Crippen molar-refractivity contribution in [2.24, 2.45) is 12.8 Å². The second-order valence-electron chi connectivity index (χ2n) is 4.21. The van der Waals surface area contributed by atoms with Gasteiger partial charge in [0.2, 0.25) is 0 Å². The van der Waals surface area contributed by atoms with Crippen LogP contribution in [0, 0.1) is 0 Å². The Hall–Kier alpha value is -0.910. The van der Waals surface area contributed by atoms with Crippen molar-refractivity contribution in [2.75, 3.05) is 26.9 Å². The lowest BCUT2D eigenvalue weighted by molar-refractivity contribution is 0.0669. The van der Waals surface area contributed by atoms with E-state index in [9.17, 15) is 0 Å². The summed E-state index contributed by atoms with van der Waals surface area (Å²) in [6.07, 6.45) is 6.76. The first-order chi connectivity index (χ1) is 8.22. The monoisotopic (exact) mass is 241 g/mol. The van der Waals surface area contributed by atoms with Crippen LogP contribution in [-0.2, 0) is 22.9 Å². The molecule has 0 spiro atoms. The molecule has 0 aliphatic rings. The maximum atomic E-state index is 6.00. The highest BCUT2D eigenvalue weighted by molar-refractivity contribution is 5.03. The number of methoxy groups -OCH3 is 1. The zero-order valence-corrected chi connectivity index (χ0v) is 10.8. The van der Waals surface area contributed by atoms with Crippen molar-refractivity contribution in [3.63, 3.8) is 0 Å². The summed E-state index contributed by atoms with van der Waals surface area (Å²) in [6.45, 7) is 1.99. The van der Waals surface area contributed by atoms with Gasteiger partial charge in [0, 0.05) is 33.0 Å². The van der Waals surface area contributed by atoms with Crippen molar-refractivity contribution in [1.82, 2.24) is 9.78 Å². The van der Waals surface area contributed by atoms with Crippen LogP contribution in [0.5, 0.6) is 0 Å². The Morgan fingerprint density at radius 1 is 1.35 bits per heavy atom. The summed E-state index contributed by atoms with van der Waals surface area (Å²) < 4.78 is 12.1. The van der Waals surface area contributed by atoms with Crippen molar-refractivity contribution in [1.29, 1.82) is 0 Å². The van der Waals surface area contributed by atoms with E-state index in [0.717, 1.165) is 19.3 Å². The summed E-state index contributed by atoms with van der Waals surface area (Å²) in [5.74, 6) is 0. The van der Waals surface area contributed by atoms with E-state index in [2.05, 4.69) is 5.10 Å². The van der Waals surface area contributed by atoms with E-state index < -0.39 is 0 Å². The van der Waals surface area contributed by atoms with Gasteiger partial charge in [-0.2, -0.15) is 5.10 Å². The van der Waals surface area contributed by atoms with Gasteiger partial charge in [0.05, 0.1) is 19.4 Å². The highest BCUT2D eigenvalue weighted by atomic mass is 16.5. The van der Waals surface area contributed by atoms with Crippen LogP contribution in [-0.4, -0.2) is 42.8 Å². The third-order valence-corrected chi connectivity index (χ3v) is 2.63. The lowest BCUT2D eigenvalue weighted by atomic mass is 10.1. The van der Waals surface area contributed by atoms with Crippen LogP contribution in [0.3, 0.4) is 0 Å². The number of rotatable bonds is 9. The van der Waals surface area contributed by atoms with Crippen LogP contribution in [0.2, 0.25) is 0 Å². The van der Waals surface area contributed by atoms with Crippen LogP contribution >= 0.6 is 0 Å². The third kappa shape index (κ3) is 6.41. The van der Waals surface area contributed by atoms with Gasteiger partial charge in [-0.05, 0) is 24.8 Å². The molecule has 1 unspecified atom stereocenters. The maximum absolute atomic E-state index is 6.00. The third-order valence-electron chi connectivity index (χ3n) is 2.63. The fraction of sp³-hybridized carbons (Fsp3) is 0.750. The molecule has 1 heterocycles. The molecule has 0 aliphatic carbocycles. The van der Waals surface area contributed by atoms with Crippen LogP contribution in [0.25, 0.3) is 0 Å². The number of hydrogen-bond donors (Lipinski definition) is 1. The molecular weight excluding hydrogens is 218 g/mol. The molecule has 5 heteroatoms. The Labute approximate surface area is 103 Å². The van der Waals surface area contributed by atoms with Gasteiger partial charge >= 0.3 is 0 Å². The van der Waals surface area contributed by atoms with E-state index in [-0.39, 0.29) is 6.04 Å². The summed E-state index contributed by atoms with van der Waals surface area (Å²) in [4.78, 5) is 0. The zero-order valence-electron chi connectivity index (χ0n) is 10.8. The fourth-order valence-electron chi connectivity index (χ4n) is 1.58. The van der Waals surface area contributed by atoms with E-state index in [0.29, 0.717) is 19.8 Å². The molecule has 5 nitrogen and oxygen atoms in total. The van der Waals surface area contributed by atoms with E-state index in [4.69, 9.17) is 15.2 Å². The second kappa shape index (κ2) is 8.22. The highest BCUT2D eigenvalue weighted by Gasteiger charge is 2.04. The summed E-state index contributed by atoms with van der Waals surface area (Å²) in [5.41, 5.74) is 7.24. The van der Waals surface area contributed by atoms with Gasteiger partial charge < -0.3 is 15.2 Å². The molecule has 1 aromatic rings. The number of nitrogens with two attached hydrogens (primary N) is 1. The predicted molar refractivity (Wildman–Crippen MR) is 66.8 cm³/mol. The molecule has 1 atom stereocenters. The molecule has 0 aromatic carbocycles. The molecule has 0 aliphatic heterocycles. The van der Waals surface area contributed by atoms with Crippen molar-refractivity contribution < 1.29 is 9.47 Å². The van der Waals surface area contributed by atoms with Crippen LogP contribution in [0.15, 0.2) is 12.4 Å². The lowest BCUT2D eigenvalue weighted by Gasteiger charge is -2.10. The summed E-state index contributed by atoms with van der Waals surface area (Å²) >= 11 is 0. The average molecular weight is 241 g/mol. The molecule has 0 saturated heterocycles. The Bertz CT molecular complexity index is 302. The van der Waals surface area contributed by atoms with Crippen LogP contribution in [0.1, 0.15) is 18.4 Å². The van der Waals surface area contributed by atoms with Crippen LogP contribution < -0.4 is 5.73 Å². The first-order valence-corrected chi connectivity index (χ1v) is 6.02. The molecule has 17 heavy (non-hydrogen) atoms. The Balaban J connectivity index is 2.03. The Kier molecular flexibility index (Phi) is 6.84. The first kappa shape index (κ1) is 14.2. The van der Waals surface area contributed by atoms with Gasteiger partial charge in [0.25, 0.3) is 0 Å². The van der Waals surface area contributed by atoms with Crippen molar-refractivity contribution >= 4 is 0 Å². The minimum absolute atomic E-state index is 0.192. The molecule has 2 N–H and O–H groups in total. The molecular formula is C12H23N3O2. The van der Waals surface area contributed by atoms with Gasteiger partial charge in [0.1, 0.15) is 0 Å². The number of hydrogen-bond acceptors (Lipinski definition) is 4. The molecule has 0 saturated carbocycles. The number of nitrogens with zero attached hydrogens (tertiary/aromatic N) is 2.